The van der Waals surface area contributed by atoms with Gasteiger partial charge in [0.2, 0.25) is 5.82 Å². The fourth-order valence-electron chi connectivity index (χ4n) is 4.25. The van der Waals surface area contributed by atoms with Crippen LogP contribution in [0.3, 0.4) is 0 Å². The Morgan fingerprint density at radius 2 is 1.85 bits per heavy atom. The molecule has 1 saturated heterocycles. The molecule has 1 aliphatic rings. The number of aliphatic hydroxyl groups excluding tert-OH is 2. The van der Waals surface area contributed by atoms with Crippen LogP contribution in [0.1, 0.15) is 30.0 Å². The maximum absolute atomic E-state index is 14.8. The van der Waals surface area contributed by atoms with Crippen molar-refractivity contribution in [3.05, 3.63) is 75.8 Å². The van der Waals surface area contributed by atoms with E-state index < -0.39 is 48.4 Å². The van der Waals surface area contributed by atoms with Gasteiger partial charge in [0.25, 0.3) is 0 Å². The summed E-state index contributed by atoms with van der Waals surface area (Å²) in [6.45, 7) is 1.11. The molecule has 34 heavy (non-hydrogen) atoms. The van der Waals surface area contributed by atoms with E-state index in [0.717, 1.165) is 0 Å². The first kappa shape index (κ1) is 24.5. The molecule has 0 radical (unpaired) electrons. The summed E-state index contributed by atoms with van der Waals surface area (Å²) in [7, 11) is 0. The summed E-state index contributed by atoms with van der Waals surface area (Å²) in [6, 6.07) is 11.0. The SMILES string of the molecule is CCOc1ccc(Cc2cc([C@@]3(O)C[C@@H](O)C(=O)[C@@H](CO)O3)c3ccccc3c2Cl)c(F)c1F. The number of rotatable bonds is 6. The van der Waals surface area contributed by atoms with Crippen LogP contribution in [-0.2, 0) is 21.7 Å². The molecule has 1 aliphatic heterocycles. The number of fused-ring (bicyclic) bond motifs is 1. The quantitative estimate of drug-likeness (QED) is 0.486. The summed E-state index contributed by atoms with van der Waals surface area (Å²) in [6.07, 6.45) is -3.58. The minimum absolute atomic E-state index is 0.0177. The first-order valence-electron chi connectivity index (χ1n) is 10.7. The second-order valence-corrected chi connectivity index (χ2v) is 8.48. The Labute approximate surface area is 199 Å². The second-order valence-electron chi connectivity index (χ2n) is 8.10. The molecule has 9 heteroatoms. The second kappa shape index (κ2) is 9.56. The molecule has 0 saturated carbocycles. The maximum Gasteiger partial charge on any atom is 0.200 e. The fourth-order valence-corrected chi connectivity index (χ4v) is 4.54. The van der Waals surface area contributed by atoms with Crippen molar-refractivity contribution in [2.45, 2.75) is 37.8 Å². The van der Waals surface area contributed by atoms with Gasteiger partial charge in [0.15, 0.2) is 23.1 Å². The highest BCUT2D eigenvalue weighted by Gasteiger charge is 2.47. The molecule has 180 valence electrons. The molecule has 0 aliphatic carbocycles. The van der Waals surface area contributed by atoms with Crippen LogP contribution in [0.4, 0.5) is 8.78 Å². The van der Waals surface area contributed by atoms with Crippen LogP contribution in [0.25, 0.3) is 10.8 Å². The lowest BCUT2D eigenvalue weighted by molar-refractivity contribution is -0.271. The summed E-state index contributed by atoms with van der Waals surface area (Å²) in [5, 5.41) is 32.3. The summed E-state index contributed by atoms with van der Waals surface area (Å²) < 4.78 is 39.8. The van der Waals surface area contributed by atoms with E-state index in [-0.39, 0.29) is 34.9 Å². The van der Waals surface area contributed by atoms with E-state index in [9.17, 15) is 28.9 Å². The van der Waals surface area contributed by atoms with Crippen molar-refractivity contribution in [2.75, 3.05) is 13.2 Å². The highest BCUT2D eigenvalue weighted by Crippen LogP contribution is 2.42. The summed E-state index contributed by atoms with van der Waals surface area (Å²) in [4.78, 5) is 12.1. The summed E-state index contributed by atoms with van der Waals surface area (Å²) >= 11 is 6.62. The van der Waals surface area contributed by atoms with Gasteiger partial charge >= 0.3 is 0 Å². The van der Waals surface area contributed by atoms with E-state index in [1.54, 1.807) is 31.2 Å². The van der Waals surface area contributed by atoms with Crippen molar-refractivity contribution in [1.29, 1.82) is 0 Å². The van der Waals surface area contributed by atoms with E-state index in [1.165, 1.54) is 18.2 Å². The average molecular weight is 493 g/mol. The van der Waals surface area contributed by atoms with Crippen LogP contribution in [-0.4, -0.2) is 46.5 Å². The number of Topliss-reactive ketones (excluding diaryl/α,β-unsaturated/α-hetero) is 1. The molecule has 3 N–H and O–H groups in total. The Hall–Kier alpha value is -2.62. The van der Waals surface area contributed by atoms with Crippen LogP contribution in [0.15, 0.2) is 42.5 Å². The zero-order valence-electron chi connectivity index (χ0n) is 18.2. The Morgan fingerprint density at radius 3 is 2.53 bits per heavy atom. The Kier molecular flexibility index (Phi) is 6.89. The Morgan fingerprint density at radius 1 is 1.15 bits per heavy atom. The van der Waals surface area contributed by atoms with Crippen LogP contribution >= 0.6 is 11.6 Å². The van der Waals surface area contributed by atoms with Crippen molar-refractivity contribution in [2.24, 2.45) is 0 Å². The van der Waals surface area contributed by atoms with Crippen LogP contribution in [0, 0.1) is 11.6 Å². The average Bonchev–Trinajstić information content (AvgIpc) is 2.82. The van der Waals surface area contributed by atoms with Gasteiger partial charge in [-0.2, -0.15) is 4.39 Å². The molecule has 0 aromatic heterocycles. The maximum atomic E-state index is 14.8. The number of halogens is 3. The van der Waals surface area contributed by atoms with Gasteiger partial charge in [0.1, 0.15) is 12.2 Å². The van der Waals surface area contributed by atoms with Gasteiger partial charge in [-0.15, -0.1) is 0 Å². The third-order valence-electron chi connectivity index (χ3n) is 5.90. The number of benzene rings is 3. The molecule has 0 unspecified atom stereocenters. The lowest BCUT2D eigenvalue weighted by Gasteiger charge is -2.39. The number of hydrogen-bond donors (Lipinski definition) is 3. The normalized spacial score (nSPS) is 22.9. The lowest BCUT2D eigenvalue weighted by atomic mass is 9.87. The smallest absolute Gasteiger partial charge is 0.200 e. The molecule has 0 bridgehead atoms. The topological polar surface area (TPSA) is 96.2 Å². The van der Waals surface area contributed by atoms with Crippen molar-refractivity contribution in [3.63, 3.8) is 0 Å². The van der Waals surface area contributed by atoms with Gasteiger partial charge in [-0.1, -0.05) is 41.9 Å². The highest BCUT2D eigenvalue weighted by molar-refractivity contribution is 6.36. The first-order valence-corrected chi connectivity index (χ1v) is 11.1. The number of hydrogen-bond acceptors (Lipinski definition) is 6. The van der Waals surface area contributed by atoms with Gasteiger partial charge in [-0.3, -0.25) is 4.79 Å². The minimum atomic E-state index is -2.14. The standard InChI is InChI=1S/C25H23ClF2O6/c1-2-33-19-8-7-13(22(27)23(19)28)9-14-10-17(15-5-3-4-6-16(15)21(14)26)25(32)11-18(30)24(31)20(12-29)34-25/h3-8,10,18,20,29-30,32H,2,9,11-12H2,1H3/t18-,20-,25-/m1/s1. The number of carbonyl (C=O) groups is 1. The summed E-state index contributed by atoms with van der Waals surface area (Å²) in [5.74, 6) is -5.27. The summed E-state index contributed by atoms with van der Waals surface area (Å²) in [5.41, 5.74) is 0.560. The Bertz CT molecular complexity index is 1250. The predicted molar refractivity (Wildman–Crippen MR) is 121 cm³/mol. The molecule has 1 fully saturated rings. The van der Waals surface area contributed by atoms with Crippen LogP contribution in [0.2, 0.25) is 5.02 Å². The van der Waals surface area contributed by atoms with E-state index in [0.29, 0.717) is 16.3 Å². The zero-order chi connectivity index (χ0) is 24.6. The molecule has 0 amide bonds. The van der Waals surface area contributed by atoms with Gasteiger partial charge < -0.3 is 24.8 Å². The van der Waals surface area contributed by atoms with E-state index >= 15 is 0 Å². The van der Waals surface area contributed by atoms with E-state index in [1.807, 2.05) is 0 Å². The van der Waals surface area contributed by atoms with Crippen molar-refractivity contribution in [3.8, 4) is 5.75 Å². The van der Waals surface area contributed by atoms with Crippen LogP contribution in [0.5, 0.6) is 5.75 Å². The van der Waals surface area contributed by atoms with Crippen molar-refractivity contribution >= 4 is 28.2 Å². The minimum Gasteiger partial charge on any atom is -0.491 e. The fraction of sp³-hybridized carbons (Fsp3) is 0.320. The molecule has 1 heterocycles. The van der Waals surface area contributed by atoms with E-state index in [2.05, 4.69) is 0 Å². The Balaban J connectivity index is 1.84. The van der Waals surface area contributed by atoms with Crippen molar-refractivity contribution < 1.29 is 38.4 Å². The molecular formula is C25H23ClF2O6. The molecule has 6 nitrogen and oxygen atoms in total. The molecule has 4 rings (SSSR count). The van der Waals surface area contributed by atoms with Gasteiger partial charge in [-0.25, -0.2) is 4.39 Å². The number of aliphatic hydroxyl groups is 3. The van der Waals surface area contributed by atoms with Gasteiger partial charge in [-0.05, 0) is 35.6 Å². The molecule has 0 spiro atoms. The number of carbonyl (C=O) groups excluding carboxylic acids is 1. The lowest BCUT2D eigenvalue weighted by Crippen LogP contribution is -2.52. The molecule has 3 atom stereocenters. The molecule has 3 aromatic rings. The third-order valence-corrected chi connectivity index (χ3v) is 6.35. The highest BCUT2D eigenvalue weighted by atomic mass is 35.5. The monoisotopic (exact) mass is 492 g/mol. The van der Waals surface area contributed by atoms with Crippen LogP contribution < -0.4 is 4.74 Å². The first-order chi connectivity index (χ1) is 16.2. The number of ether oxygens (including phenoxy) is 2. The van der Waals surface area contributed by atoms with E-state index in [4.69, 9.17) is 21.1 Å². The van der Waals surface area contributed by atoms with Crippen molar-refractivity contribution in [1.82, 2.24) is 0 Å². The van der Waals surface area contributed by atoms with Gasteiger partial charge in [0.05, 0.1) is 18.2 Å². The predicted octanol–water partition coefficient (Wildman–Crippen LogP) is 3.62. The molecular weight excluding hydrogens is 470 g/mol. The third kappa shape index (κ3) is 4.28. The zero-order valence-corrected chi connectivity index (χ0v) is 19.0. The number of ketones is 1. The largest absolute Gasteiger partial charge is 0.491 e. The molecule has 3 aromatic carbocycles. The van der Waals surface area contributed by atoms with Gasteiger partial charge in [0, 0.05) is 23.8 Å².